The smallest absolute Gasteiger partial charge is 0.306 e. The minimum Gasteiger partial charge on any atom is -0.383 e. The van der Waals surface area contributed by atoms with E-state index in [0.717, 1.165) is 4.90 Å². The van der Waals surface area contributed by atoms with E-state index in [2.05, 4.69) is 10.3 Å². The summed E-state index contributed by atoms with van der Waals surface area (Å²) >= 11 is 1.35. The van der Waals surface area contributed by atoms with Crippen LogP contribution in [0.2, 0.25) is 0 Å². The zero-order valence-corrected chi connectivity index (χ0v) is 10.5. The van der Waals surface area contributed by atoms with Crippen LogP contribution in [0.25, 0.3) is 0 Å². The first kappa shape index (κ1) is 12.4. The van der Waals surface area contributed by atoms with Gasteiger partial charge in [0, 0.05) is 24.3 Å². The number of hydrogen-bond donors (Lipinski definition) is 1. The fraction of sp³-hybridized carbons (Fsp3) is 0.0833. The Morgan fingerprint density at radius 1 is 1.28 bits per heavy atom. The number of aromatic nitrogens is 1. The molecule has 0 atom stereocenters. The maximum absolute atomic E-state index is 11.1. The summed E-state index contributed by atoms with van der Waals surface area (Å²) < 4.78 is 0. The molecule has 0 bridgehead atoms. The monoisotopic (exact) mass is 261 g/mol. The van der Waals surface area contributed by atoms with Crippen LogP contribution in [0.5, 0.6) is 0 Å². The Labute approximate surface area is 108 Å². The quantitative estimate of drug-likeness (QED) is 0.676. The summed E-state index contributed by atoms with van der Waals surface area (Å²) in [5, 5.41) is 14.0. The van der Waals surface area contributed by atoms with Crippen LogP contribution in [0.15, 0.2) is 52.5 Å². The van der Waals surface area contributed by atoms with Gasteiger partial charge in [-0.3, -0.25) is 15.1 Å². The largest absolute Gasteiger partial charge is 0.383 e. The summed E-state index contributed by atoms with van der Waals surface area (Å²) in [5.74, 6) is 0. The lowest BCUT2D eigenvalue weighted by atomic mass is 10.3. The molecule has 0 unspecified atom stereocenters. The number of nitro benzene ring substituents is 1. The van der Waals surface area contributed by atoms with E-state index in [1.54, 1.807) is 37.6 Å². The standard InChI is InChI=1S/C12H11N3O2S/c1-13-10-3-2-4-11(12(10)15(16)17)18-9-5-7-14-8-6-9/h2-8,13H,1H3. The minimum atomic E-state index is -0.366. The van der Waals surface area contributed by atoms with Crippen LogP contribution in [0.1, 0.15) is 0 Å². The molecule has 1 aromatic carbocycles. The second-order valence-electron chi connectivity index (χ2n) is 3.44. The zero-order valence-electron chi connectivity index (χ0n) is 9.66. The molecule has 0 aliphatic rings. The number of para-hydroxylation sites is 1. The van der Waals surface area contributed by atoms with Crippen molar-refractivity contribution in [2.75, 3.05) is 12.4 Å². The van der Waals surface area contributed by atoms with E-state index in [1.807, 2.05) is 12.1 Å². The van der Waals surface area contributed by atoms with Gasteiger partial charge in [-0.25, -0.2) is 0 Å². The lowest BCUT2D eigenvalue weighted by Crippen LogP contribution is -1.98. The molecule has 0 aliphatic carbocycles. The summed E-state index contributed by atoms with van der Waals surface area (Å²) in [6.07, 6.45) is 3.33. The van der Waals surface area contributed by atoms with Crippen LogP contribution in [-0.2, 0) is 0 Å². The number of anilines is 1. The van der Waals surface area contributed by atoms with Crippen molar-refractivity contribution in [3.05, 3.63) is 52.8 Å². The number of nitrogens with one attached hydrogen (secondary N) is 1. The first-order valence-corrected chi connectivity index (χ1v) is 6.07. The number of benzene rings is 1. The van der Waals surface area contributed by atoms with E-state index >= 15 is 0 Å². The van der Waals surface area contributed by atoms with E-state index in [-0.39, 0.29) is 10.6 Å². The molecule has 2 aromatic rings. The number of hydrogen-bond acceptors (Lipinski definition) is 5. The van der Waals surface area contributed by atoms with Crippen molar-refractivity contribution in [1.29, 1.82) is 0 Å². The molecular formula is C12H11N3O2S. The summed E-state index contributed by atoms with van der Waals surface area (Å²) in [5.41, 5.74) is 0.612. The Bertz CT molecular complexity index is 561. The van der Waals surface area contributed by atoms with E-state index in [0.29, 0.717) is 10.6 Å². The highest BCUT2D eigenvalue weighted by Crippen LogP contribution is 2.38. The molecule has 2 rings (SSSR count). The average molecular weight is 261 g/mol. The summed E-state index contributed by atoms with van der Waals surface area (Å²) in [6, 6.07) is 8.86. The first-order chi connectivity index (χ1) is 8.72. The van der Waals surface area contributed by atoms with Gasteiger partial charge in [0.05, 0.1) is 9.82 Å². The molecule has 1 heterocycles. The van der Waals surface area contributed by atoms with Crippen molar-refractivity contribution in [3.8, 4) is 0 Å². The van der Waals surface area contributed by atoms with Crippen molar-refractivity contribution >= 4 is 23.1 Å². The molecule has 0 saturated carbocycles. The van der Waals surface area contributed by atoms with Gasteiger partial charge in [-0.05, 0) is 24.3 Å². The molecule has 0 radical (unpaired) electrons. The molecule has 5 nitrogen and oxygen atoms in total. The molecule has 0 spiro atoms. The average Bonchev–Trinajstić information content (AvgIpc) is 2.39. The van der Waals surface area contributed by atoms with Crippen LogP contribution in [-0.4, -0.2) is 17.0 Å². The Hall–Kier alpha value is -2.08. The predicted molar refractivity (Wildman–Crippen MR) is 71.0 cm³/mol. The molecule has 6 heteroatoms. The Morgan fingerprint density at radius 2 is 2.00 bits per heavy atom. The fourth-order valence-electron chi connectivity index (χ4n) is 1.53. The van der Waals surface area contributed by atoms with Gasteiger partial charge in [-0.2, -0.15) is 0 Å². The number of nitro groups is 1. The van der Waals surface area contributed by atoms with Gasteiger partial charge in [0.1, 0.15) is 5.69 Å². The minimum absolute atomic E-state index is 0.0989. The van der Waals surface area contributed by atoms with Gasteiger partial charge in [0.25, 0.3) is 0 Å². The van der Waals surface area contributed by atoms with Gasteiger partial charge in [-0.15, -0.1) is 0 Å². The highest BCUT2D eigenvalue weighted by molar-refractivity contribution is 7.99. The normalized spacial score (nSPS) is 10.1. The van der Waals surface area contributed by atoms with Gasteiger partial charge in [0.15, 0.2) is 0 Å². The lowest BCUT2D eigenvalue weighted by molar-refractivity contribution is -0.386. The van der Waals surface area contributed by atoms with Crippen molar-refractivity contribution in [2.45, 2.75) is 9.79 Å². The van der Waals surface area contributed by atoms with Crippen LogP contribution >= 0.6 is 11.8 Å². The molecule has 0 saturated heterocycles. The first-order valence-electron chi connectivity index (χ1n) is 5.25. The molecule has 0 aliphatic heterocycles. The summed E-state index contributed by atoms with van der Waals surface area (Å²) in [6.45, 7) is 0. The molecule has 0 amide bonds. The zero-order chi connectivity index (χ0) is 13.0. The van der Waals surface area contributed by atoms with E-state index < -0.39 is 0 Å². The van der Waals surface area contributed by atoms with E-state index in [1.165, 1.54) is 11.8 Å². The van der Waals surface area contributed by atoms with Crippen molar-refractivity contribution < 1.29 is 4.92 Å². The third kappa shape index (κ3) is 2.60. The van der Waals surface area contributed by atoms with E-state index in [9.17, 15) is 10.1 Å². The second-order valence-corrected chi connectivity index (χ2v) is 4.56. The molecule has 92 valence electrons. The van der Waals surface area contributed by atoms with Gasteiger partial charge >= 0.3 is 5.69 Å². The maximum Gasteiger partial charge on any atom is 0.306 e. The maximum atomic E-state index is 11.1. The van der Waals surface area contributed by atoms with Crippen LogP contribution in [0, 0.1) is 10.1 Å². The Balaban J connectivity index is 2.42. The molecule has 1 aromatic heterocycles. The van der Waals surface area contributed by atoms with Crippen molar-refractivity contribution in [2.24, 2.45) is 0 Å². The number of nitrogens with zero attached hydrogens (tertiary/aromatic N) is 2. The SMILES string of the molecule is CNc1cccc(Sc2ccncc2)c1[N+](=O)[O-]. The van der Waals surface area contributed by atoms with Crippen molar-refractivity contribution in [1.82, 2.24) is 4.98 Å². The van der Waals surface area contributed by atoms with E-state index in [4.69, 9.17) is 0 Å². The highest BCUT2D eigenvalue weighted by Gasteiger charge is 2.19. The van der Waals surface area contributed by atoms with Gasteiger partial charge < -0.3 is 5.32 Å². The van der Waals surface area contributed by atoms with Gasteiger partial charge in [0.2, 0.25) is 0 Å². The summed E-state index contributed by atoms with van der Waals surface area (Å²) in [7, 11) is 1.67. The second kappa shape index (κ2) is 5.50. The van der Waals surface area contributed by atoms with Crippen molar-refractivity contribution in [3.63, 3.8) is 0 Å². The lowest BCUT2D eigenvalue weighted by Gasteiger charge is -2.06. The Kier molecular flexibility index (Phi) is 3.78. The third-order valence-corrected chi connectivity index (χ3v) is 3.39. The Morgan fingerprint density at radius 3 is 2.61 bits per heavy atom. The topological polar surface area (TPSA) is 68.1 Å². The number of pyridine rings is 1. The predicted octanol–water partition coefficient (Wildman–Crippen LogP) is 3.18. The highest BCUT2D eigenvalue weighted by atomic mass is 32.2. The molecular weight excluding hydrogens is 250 g/mol. The van der Waals surface area contributed by atoms with Gasteiger partial charge in [-0.1, -0.05) is 17.8 Å². The fourth-order valence-corrected chi connectivity index (χ4v) is 2.47. The van der Waals surface area contributed by atoms with Crippen LogP contribution < -0.4 is 5.32 Å². The number of rotatable bonds is 4. The summed E-state index contributed by atoms with van der Waals surface area (Å²) in [4.78, 5) is 16.2. The van der Waals surface area contributed by atoms with Crippen LogP contribution in [0.4, 0.5) is 11.4 Å². The molecule has 18 heavy (non-hydrogen) atoms. The third-order valence-electron chi connectivity index (χ3n) is 2.33. The van der Waals surface area contributed by atoms with Crippen LogP contribution in [0.3, 0.4) is 0 Å². The molecule has 1 N–H and O–H groups in total. The molecule has 0 fully saturated rings.